The van der Waals surface area contributed by atoms with Crippen LogP contribution in [0.5, 0.6) is 11.5 Å². The van der Waals surface area contributed by atoms with Gasteiger partial charge in [0.25, 0.3) is 0 Å². The quantitative estimate of drug-likeness (QED) is 0.574. The monoisotopic (exact) mass is 426 g/mol. The number of aromatic nitrogens is 4. The summed E-state index contributed by atoms with van der Waals surface area (Å²) >= 11 is 0. The Morgan fingerprint density at radius 1 is 1.00 bits per heavy atom. The third-order valence-corrected chi connectivity index (χ3v) is 5.68. The second-order valence-corrected chi connectivity index (χ2v) is 7.67. The minimum absolute atomic E-state index is 0.214. The second kappa shape index (κ2) is 9.40. The molecule has 31 heavy (non-hydrogen) atoms. The molecular formula is C22H27FN6O2. The van der Waals surface area contributed by atoms with Gasteiger partial charge in [-0.15, -0.1) is 5.10 Å². The summed E-state index contributed by atoms with van der Waals surface area (Å²) in [6.07, 6.45) is 0. The summed E-state index contributed by atoms with van der Waals surface area (Å²) in [6.45, 7) is 4.07. The van der Waals surface area contributed by atoms with Crippen LogP contribution in [0.1, 0.15) is 23.0 Å². The van der Waals surface area contributed by atoms with E-state index >= 15 is 0 Å². The van der Waals surface area contributed by atoms with Gasteiger partial charge in [0.2, 0.25) is 0 Å². The molecule has 0 saturated carbocycles. The lowest BCUT2D eigenvalue weighted by molar-refractivity contribution is 0.120. The fourth-order valence-electron chi connectivity index (χ4n) is 3.92. The first-order valence-corrected chi connectivity index (χ1v) is 10.2. The highest BCUT2D eigenvalue weighted by molar-refractivity contribution is 5.44. The number of benzene rings is 2. The van der Waals surface area contributed by atoms with E-state index in [-0.39, 0.29) is 11.9 Å². The van der Waals surface area contributed by atoms with Crippen LogP contribution in [0.4, 0.5) is 4.39 Å². The van der Waals surface area contributed by atoms with Gasteiger partial charge in [-0.2, -0.15) is 0 Å². The molecule has 164 valence electrons. The van der Waals surface area contributed by atoms with Gasteiger partial charge in [0.15, 0.2) is 5.82 Å². The highest BCUT2D eigenvalue weighted by atomic mass is 19.1. The lowest BCUT2D eigenvalue weighted by atomic mass is 10.0. The summed E-state index contributed by atoms with van der Waals surface area (Å²) in [5, 5.41) is 12.6. The molecule has 1 aliphatic rings. The zero-order valence-electron chi connectivity index (χ0n) is 18.0. The Hall–Kier alpha value is -3.04. The van der Waals surface area contributed by atoms with E-state index in [2.05, 4.69) is 32.4 Å². The molecule has 1 fully saturated rings. The van der Waals surface area contributed by atoms with Crippen LogP contribution >= 0.6 is 0 Å². The minimum Gasteiger partial charge on any atom is -0.497 e. The molecule has 0 bridgehead atoms. The van der Waals surface area contributed by atoms with Crippen LogP contribution in [0, 0.1) is 5.82 Å². The van der Waals surface area contributed by atoms with Crippen LogP contribution in [0.3, 0.4) is 0 Å². The number of likely N-dealkylation sites (N-methyl/N-ethyl adjacent to an activating group) is 1. The molecule has 3 aromatic rings. The Labute approximate surface area is 181 Å². The lowest BCUT2D eigenvalue weighted by Crippen LogP contribution is -2.46. The Kier molecular flexibility index (Phi) is 6.43. The van der Waals surface area contributed by atoms with Gasteiger partial charge in [-0.3, -0.25) is 4.90 Å². The highest BCUT2D eigenvalue weighted by Gasteiger charge is 2.32. The predicted octanol–water partition coefficient (Wildman–Crippen LogP) is 2.21. The SMILES string of the molecule is COc1ccc(OC)c([C@@H](c2nnnn2Cc2ccc(F)cc2)N2CCN(C)CC2)c1. The van der Waals surface area contributed by atoms with Gasteiger partial charge in [-0.1, -0.05) is 12.1 Å². The Morgan fingerprint density at radius 3 is 2.42 bits per heavy atom. The van der Waals surface area contributed by atoms with Gasteiger partial charge in [0, 0.05) is 31.7 Å². The van der Waals surface area contributed by atoms with Gasteiger partial charge in [0.05, 0.1) is 20.8 Å². The number of tetrazole rings is 1. The van der Waals surface area contributed by atoms with Crippen LogP contribution in [-0.2, 0) is 6.54 Å². The van der Waals surface area contributed by atoms with Crippen molar-refractivity contribution in [2.24, 2.45) is 0 Å². The molecule has 1 atom stereocenters. The molecule has 8 nitrogen and oxygen atoms in total. The number of nitrogens with zero attached hydrogens (tertiary/aromatic N) is 6. The molecule has 2 aromatic carbocycles. The summed E-state index contributed by atoms with van der Waals surface area (Å²) in [4.78, 5) is 4.67. The van der Waals surface area contributed by atoms with E-state index in [1.165, 1.54) is 12.1 Å². The van der Waals surface area contributed by atoms with Crippen LogP contribution in [0.25, 0.3) is 0 Å². The highest BCUT2D eigenvalue weighted by Crippen LogP contribution is 2.36. The molecule has 1 aliphatic heterocycles. The molecular weight excluding hydrogens is 399 g/mol. The average Bonchev–Trinajstić information content (AvgIpc) is 3.24. The van der Waals surface area contributed by atoms with Crippen LogP contribution in [0.2, 0.25) is 0 Å². The number of ether oxygens (including phenoxy) is 2. The maximum Gasteiger partial charge on any atom is 0.173 e. The van der Waals surface area contributed by atoms with Gasteiger partial charge >= 0.3 is 0 Å². The first kappa shape index (κ1) is 21.2. The molecule has 0 unspecified atom stereocenters. The molecule has 4 rings (SSSR count). The van der Waals surface area contributed by atoms with Gasteiger partial charge in [-0.05, 0) is 53.4 Å². The van der Waals surface area contributed by atoms with Gasteiger partial charge in [-0.25, -0.2) is 9.07 Å². The van der Waals surface area contributed by atoms with Crippen LogP contribution in [-0.4, -0.2) is 77.5 Å². The third kappa shape index (κ3) is 4.67. The number of hydrogen-bond donors (Lipinski definition) is 0. The Balaban J connectivity index is 1.76. The number of hydrogen-bond acceptors (Lipinski definition) is 7. The summed E-state index contributed by atoms with van der Waals surface area (Å²) in [5.41, 5.74) is 1.87. The van der Waals surface area contributed by atoms with E-state index in [0.717, 1.165) is 48.8 Å². The maximum absolute atomic E-state index is 13.3. The smallest absolute Gasteiger partial charge is 0.173 e. The topological polar surface area (TPSA) is 68.5 Å². The number of halogens is 1. The second-order valence-electron chi connectivity index (χ2n) is 7.67. The van der Waals surface area contributed by atoms with Crippen molar-refractivity contribution in [2.75, 3.05) is 47.4 Å². The van der Waals surface area contributed by atoms with E-state index in [9.17, 15) is 4.39 Å². The molecule has 0 spiro atoms. The minimum atomic E-state index is -0.267. The molecule has 0 amide bonds. The zero-order valence-corrected chi connectivity index (χ0v) is 18.0. The van der Waals surface area contributed by atoms with Crippen LogP contribution in [0.15, 0.2) is 42.5 Å². The number of rotatable bonds is 7. The zero-order chi connectivity index (χ0) is 21.8. The largest absolute Gasteiger partial charge is 0.497 e. The average molecular weight is 426 g/mol. The molecule has 1 aromatic heterocycles. The molecule has 1 saturated heterocycles. The van der Waals surface area contributed by atoms with E-state index < -0.39 is 0 Å². The summed E-state index contributed by atoms with van der Waals surface area (Å²) < 4.78 is 26.3. The van der Waals surface area contributed by atoms with Crippen molar-refractivity contribution in [2.45, 2.75) is 12.6 Å². The standard InChI is InChI=1S/C22H27FN6O2/c1-27-10-12-28(13-11-27)21(19-14-18(30-2)8-9-20(19)31-3)22-24-25-26-29(22)15-16-4-6-17(23)7-5-16/h4-9,14,21H,10-13,15H2,1-3H3/t21-/m0/s1. The molecule has 0 N–H and O–H groups in total. The first-order valence-electron chi connectivity index (χ1n) is 10.2. The van der Waals surface area contributed by atoms with E-state index in [1.807, 2.05) is 18.2 Å². The fourth-order valence-corrected chi connectivity index (χ4v) is 3.92. The van der Waals surface area contributed by atoms with Crippen molar-refractivity contribution in [1.82, 2.24) is 30.0 Å². The fraction of sp³-hybridized carbons (Fsp3) is 0.409. The van der Waals surface area contributed by atoms with Crippen LogP contribution < -0.4 is 9.47 Å². The van der Waals surface area contributed by atoms with Crippen molar-refractivity contribution < 1.29 is 13.9 Å². The molecule has 9 heteroatoms. The van der Waals surface area contributed by atoms with E-state index in [4.69, 9.17) is 9.47 Å². The normalized spacial score (nSPS) is 16.3. The van der Waals surface area contributed by atoms with Gasteiger partial charge in [0.1, 0.15) is 23.4 Å². The summed E-state index contributed by atoms with van der Waals surface area (Å²) in [7, 11) is 5.43. The van der Waals surface area contributed by atoms with Crippen molar-refractivity contribution in [3.8, 4) is 11.5 Å². The molecule has 0 radical (unpaired) electrons. The van der Waals surface area contributed by atoms with E-state index in [0.29, 0.717) is 12.4 Å². The summed E-state index contributed by atoms with van der Waals surface area (Å²) in [6, 6.07) is 11.9. The third-order valence-electron chi connectivity index (χ3n) is 5.68. The Morgan fingerprint density at radius 2 is 1.74 bits per heavy atom. The van der Waals surface area contributed by atoms with Crippen molar-refractivity contribution in [3.63, 3.8) is 0 Å². The Bertz CT molecular complexity index is 1000. The molecule has 0 aliphatic carbocycles. The van der Waals surface area contributed by atoms with Crippen molar-refractivity contribution >= 4 is 0 Å². The van der Waals surface area contributed by atoms with E-state index in [1.54, 1.807) is 31.0 Å². The lowest BCUT2D eigenvalue weighted by Gasteiger charge is -2.37. The van der Waals surface area contributed by atoms with Crippen molar-refractivity contribution in [3.05, 3.63) is 65.2 Å². The van der Waals surface area contributed by atoms with Crippen molar-refractivity contribution in [1.29, 1.82) is 0 Å². The number of piperazine rings is 1. The molecule has 2 heterocycles. The first-order chi connectivity index (χ1) is 15.1. The maximum atomic E-state index is 13.3. The number of methoxy groups -OCH3 is 2. The predicted molar refractivity (Wildman–Crippen MR) is 114 cm³/mol. The summed E-state index contributed by atoms with van der Waals surface area (Å²) in [5.74, 6) is 1.94. The van der Waals surface area contributed by atoms with Gasteiger partial charge < -0.3 is 14.4 Å².